The van der Waals surface area contributed by atoms with Crippen LogP contribution in [0.3, 0.4) is 0 Å². The average Bonchev–Trinajstić information content (AvgIpc) is 2.55. The minimum Gasteiger partial charge on any atom is -0.481 e. The van der Waals surface area contributed by atoms with Crippen molar-refractivity contribution in [2.75, 3.05) is 5.32 Å². The van der Waals surface area contributed by atoms with E-state index in [9.17, 15) is 9.59 Å². The van der Waals surface area contributed by atoms with Crippen molar-refractivity contribution in [2.24, 2.45) is 5.92 Å². The van der Waals surface area contributed by atoms with Crippen molar-refractivity contribution >= 4 is 17.7 Å². The molecule has 124 valence electrons. The minimum absolute atomic E-state index is 0.0520. The number of pyridine rings is 1. The van der Waals surface area contributed by atoms with E-state index in [1.807, 2.05) is 6.07 Å². The number of nitrogens with one attached hydrogen (secondary N) is 2. The minimum atomic E-state index is -0.729. The van der Waals surface area contributed by atoms with Crippen LogP contribution in [0.25, 0.3) is 0 Å². The van der Waals surface area contributed by atoms with E-state index in [0.717, 1.165) is 24.2 Å². The van der Waals surface area contributed by atoms with Crippen molar-refractivity contribution in [3.63, 3.8) is 0 Å². The van der Waals surface area contributed by atoms with E-state index < -0.39 is 5.97 Å². The number of carboxylic acids is 1. The summed E-state index contributed by atoms with van der Waals surface area (Å²) >= 11 is 0. The van der Waals surface area contributed by atoms with Crippen molar-refractivity contribution in [3.8, 4) is 0 Å². The lowest BCUT2D eigenvalue weighted by Crippen LogP contribution is -2.41. The molecular weight excluding hydrogens is 294 g/mol. The number of hydrogen-bond acceptors (Lipinski definition) is 3. The fourth-order valence-electron chi connectivity index (χ4n) is 3.49. The van der Waals surface area contributed by atoms with Crippen molar-refractivity contribution in [1.29, 1.82) is 0 Å². The highest BCUT2D eigenvalue weighted by atomic mass is 16.4. The van der Waals surface area contributed by atoms with E-state index in [1.165, 1.54) is 18.4 Å². The molecular formula is C17H23N3O3. The Morgan fingerprint density at radius 1 is 1.13 bits per heavy atom. The Morgan fingerprint density at radius 3 is 2.61 bits per heavy atom. The smallest absolute Gasteiger partial charge is 0.319 e. The fraction of sp³-hybridized carbons (Fsp3) is 0.588. The molecule has 0 spiro atoms. The maximum atomic E-state index is 12.1. The molecule has 2 aliphatic carbocycles. The van der Waals surface area contributed by atoms with Gasteiger partial charge in [-0.25, -0.2) is 4.79 Å². The Balaban J connectivity index is 1.51. The van der Waals surface area contributed by atoms with Gasteiger partial charge in [-0.2, -0.15) is 0 Å². The van der Waals surface area contributed by atoms with Gasteiger partial charge in [-0.3, -0.25) is 9.78 Å². The van der Waals surface area contributed by atoms with Crippen LogP contribution in [0.1, 0.15) is 49.8 Å². The normalized spacial score (nSPS) is 23.7. The summed E-state index contributed by atoms with van der Waals surface area (Å²) in [4.78, 5) is 27.5. The van der Waals surface area contributed by atoms with Crippen molar-refractivity contribution in [3.05, 3.63) is 23.5 Å². The molecule has 2 amide bonds. The molecule has 0 aromatic carbocycles. The topological polar surface area (TPSA) is 91.3 Å². The lowest BCUT2D eigenvalue weighted by Gasteiger charge is -2.26. The van der Waals surface area contributed by atoms with E-state index in [0.29, 0.717) is 25.7 Å². The molecule has 6 heteroatoms. The summed E-state index contributed by atoms with van der Waals surface area (Å²) in [7, 11) is 0. The van der Waals surface area contributed by atoms with Gasteiger partial charge in [0.15, 0.2) is 0 Å². The predicted molar refractivity (Wildman–Crippen MR) is 86.4 cm³/mol. The highest BCUT2D eigenvalue weighted by Gasteiger charge is 2.26. The van der Waals surface area contributed by atoms with Crippen LogP contribution in [0.4, 0.5) is 10.5 Å². The van der Waals surface area contributed by atoms with Crippen molar-refractivity contribution in [1.82, 2.24) is 10.3 Å². The van der Waals surface area contributed by atoms with Gasteiger partial charge in [-0.15, -0.1) is 0 Å². The SMILES string of the molecule is O=C(Nc1cnc2c(c1)CCCC2)NC1CCC(C(=O)O)CC1. The van der Waals surface area contributed by atoms with E-state index in [2.05, 4.69) is 15.6 Å². The molecule has 0 bridgehead atoms. The number of aryl methyl sites for hydroxylation is 2. The Bertz CT molecular complexity index is 595. The molecule has 1 aromatic heterocycles. The Kier molecular flexibility index (Phi) is 4.79. The lowest BCUT2D eigenvalue weighted by atomic mass is 9.86. The summed E-state index contributed by atoms with van der Waals surface area (Å²) in [6.45, 7) is 0. The molecule has 6 nitrogen and oxygen atoms in total. The zero-order valence-electron chi connectivity index (χ0n) is 13.2. The molecule has 3 N–H and O–H groups in total. The van der Waals surface area contributed by atoms with Crippen LogP contribution in [-0.4, -0.2) is 28.1 Å². The Hall–Kier alpha value is -2.11. The first-order valence-electron chi connectivity index (χ1n) is 8.40. The van der Waals surface area contributed by atoms with Crippen LogP contribution in [0.5, 0.6) is 0 Å². The van der Waals surface area contributed by atoms with Crippen LogP contribution in [0, 0.1) is 5.92 Å². The first-order valence-corrected chi connectivity index (χ1v) is 8.40. The molecule has 2 aliphatic rings. The van der Waals surface area contributed by atoms with Crippen LogP contribution < -0.4 is 10.6 Å². The van der Waals surface area contributed by atoms with Gasteiger partial charge in [-0.05, 0) is 63.0 Å². The molecule has 1 fully saturated rings. The number of anilines is 1. The summed E-state index contributed by atoms with van der Waals surface area (Å²) in [5, 5.41) is 14.8. The van der Waals surface area contributed by atoms with Crippen LogP contribution in [0.15, 0.2) is 12.3 Å². The lowest BCUT2D eigenvalue weighted by molar-refractivity contribution is -0.142. The number of fused-ring (bicyclic) bond motifs is 1. The number of hydrogen-bond donors (Lipinski definition) is 3. The second kappa shape index (κ2) is 6.98. The quantitative estimate of drug-likeness (QED) is 0.799. The van der Waals surface area contributed by atoms with Crippen molar-refractivity contribution in [2.45, 2.75) is 57.4 Å². The van der Waals surface area contributed by atoms with E-state index in [1.54, 1.807) is 6.20 Å². The second-order valence-corrected chi connectivity index (χ2v) is 6.52. The molecule has 1 heterocycles. The monoisotopic (exact) mass is 317 g/mol. The third-order valence-electron chi connectivity index (χ3n) is 4.84. The zero-order chi connectivity index (χ0) is 16.2. The van der Waals surface area contributed by atoms with Gasteiger partial charge in [0, 0.05) is 11.7 Å². The number of carboxylic acid groups (broad SMARTS) is 1. The van der Waals surface area contributed by atoms with Gasteiger partial charge in [0.05, 0.1) is 17.8 Å². The number of urea groups is 1. The van der Waals surface area contributed by atoms with Gasteiger partial charge in [-0.1, -0.05) is 0 Å². The Labute approximate surface area is 135 Å². The molecule has 0 atom stereocenters. The molecule has 0 unspecified atom stereocenters. The van der Waals surface area contributed by atoms with Gasteiger partial charge >= 0.3 is 12.0 Å². The maximum Gasteiger partial charge on any atom is 0.319 e. The Morgan fingerprint density at radius 2 is 1.87 bits per heavy atom. The summed E-state index contributed by atoms with van der Waals surface area (Å²) in [5.41, 5.74) is 3.10. The predicted octanol–water partition coefficient (Wildman–Crippen LogP) is 2.73. The summed E-state index contributed by atoms with van der Waals surface area (Å²) in [6.07, 6.45) is 8.81. The highest BCUT2D eigenvalue weighted by Crippen LogP contribution is 2.25. The number of aliphatic carboxylic acids is 1. The van der Waals surface area contributed by atoms with E-state index >= 15 is 0 Å². The largest absolute Gasteiger partial charge is 0.481 e. The first-order chi connectivity index (χ1) is 11.1. The van der Waals surface area contributed by atoms with Gasteiger partial charge < -0.3 is 15.7 Å². The molecule has 0 aliphatic heterocycles. The second-order valence-electron chi connectivity index (χ2n) is 6.52. The average molecular weight is 317 g/mol. The van der Waals surface area contributed by atoms with Gasteiger partial charge in [0.1, 0.15) is 0 Å². The van der Waals surface area contributed by atoms with E-state index in [-0.39, 0.29) is 18.0 Å². The van der Waals surface area contributed by atoms with Crippen LogP contribution >= 0.6 is 0 Å². The third-order valence-corrected chi connectivity index (χ3v) is 4.84. The molecule has 0 saturated heterocycles. The van der Waals surface area contributed by atoms with Gasteiger partial charge in [0.2, 0.25) is 0 Å². The summed E-state index contributed by atoms with van der Waals surface area (Å²) < 4.78 is 0. The third kappa shape index (κ3) is 4.00. The number of carbonyl (C=O) groups excluding carboxylic acids is 1. The van der Waals surface area contributed by atoms with Crippen molar-refractivity contribution < 1.29 is 14.7 Å². The van der Waals surface area contributed by atoms with Crippen LogP contribution in [0.2, 0.25) is 0 Å². The summed E-state index contributed by atoms with van der Waals surface area (Å²) in [6, 6.07) is 1.83. The van der Waals surface area contributed by atoms with Crippen LogP contribution in [-0.2, 0) is 17.6 Å². The highest BCUT2D eigenvalue weighted by molar-refractivity contribution is 5.89. The first kappa shape index (κ1) is 15.8. The number of nitrogens with zero attached hydrogens (tertiary/aromatic N) is 1. The standard InChI is InChI=1S/C17H23N3O3/c21-16(22)11-5-7-13(8-6-11)19-17(23)20-14-9-12-3-1-2-4-15(12)18-10-14/h9-11,13H,1-8H2,(H,21,22)(H2,19,20,23). The number of amides is 2. The number of aromatic nitrogens is 1. The molecule has 23 heavy (non-hydrogen) atoms. The molecule has 1 saturated carbocycles. The zero-order valence-corrected chi connectivity index (χ0v) is 13.2. The number of carbonyl (C=O) groups is 2. The van der Waals surface area contributed by atoms with E-state index in [4.69, 9.17) is 5.11 Å². The summed E-state index contributed by atoms with van der Waals surface area (Å²) in [5.74, 6) is -0.992. The fourth-order valence-corrected chi connectivity index (χ4v) is 3.49. The molecule has 3 rings (SSSR count). The molecule has 1 aromatic rings. The maximum absolute atomic E-state index is 12.1. The molecule has 0 radical (unpaired) electrons. The van der Waals surface area contributed by atoms with Gasteiger partial charge in [0.25, 0.3) is 0 Å². The number of rotatable bonds is 3.